The van der Waals surface area contributed by atoms with Gasteiger partial charge in [-0.25, -0.2) is 0 Å². The molecule has 10 heteroatoms. The molecule has 4 saturated heterocycles. The molecule has 0 saturated carbocycles. The molecule has 0 aromatic rings. The van der Waals surface area contributed by atoms with Crippen LogP contribution < -0.4 is 0 Å². The summed E-state index contributed by atoms with van der Waals surface area (Å²) in [5.41, 5.74) is 0. The second-order valence-electron chi connectivity index (χ2n) is 7.86. The number of rotatable bonds is 21. The summed E-state index contributed by atoms with van der Waals surface area (Å²) in [4.78, 5) is 0. The summed E-state index contributed by atoms with van der Waals surface area (Å²) in [5, 5.41) is 6.56. The van der Waals surface area contributed by atoms with Gasteiger partial charge in [0, 0.05) is 0 Å². The Bertz CT molecular complexity index is 432. The van der Waals surface area contributed by atoms with E-state index < -0.39 is 0 Å². The van der Waals surface area contributed by atoms with Crippen LogP contribution in [0.5, 0.6) is 0 Å². The van der Waals surface area contributed by atoms with E-state index in [9.17, 15) is 0 Å². The SMILES string of the molecule is C(C[Te]CC1CS1)SC(C[Te]CC1CS1)C(C[Te]CC1CS1)SCC[Te]CC1CS1. The summed E-state index contributed by atoms with van der Waals surface area (Å²) < 4.78 is 13.2. The van der Waals surface area contributed by atoms with Crippen LogP contribution in [0.15, 0.2) is 0 Å². The van der Waals surface area contributed by atoms with Crippen LogP contribution >= 0.6 is 70.6 Å². The van der Waals surface area contributed by atoms with Gasteiger partial charge in [0.15, 0.2) is 0 Å². The van der Waals surface area contributed by atoms with Crippen molar-refractivity contribution in [2.24, 2.45) is 0 Å². The first-order valence-electron chi connectivity index (χ1n) is 10.9. The fraction of sp³-hybridized carbons (Fsp3) is 1.00. The van der Waals surface area contributed by atoms with Crippen LogP contribution in [0.2, 0.25) is 35.8 Å². The molecule has 0 aromatic carbocycles. The third-order valence-corrected chi connectivity index (χ3v) is 30.8. The first-order chi connectivity index (χ1) is 14.9. The van der Waals surface area contributed by atoms with Crippen molar-refractivity contribution >= 4 is 154 Å². The maximum absolute atomic E-state index is 2.48. The molecule has 0 bridgehead atoms. The second-order valence-corrected chi connectivity index (χ2v) is 28.6. The molecule has 4 aliphatic heterocycles. The third-order valence-electron chi connectivity index (χ3n) is 4.92. The molecule has 0 aliphatic carbocycles. The van der Waals surface area contributed by atoms with E-state index in [-0.39, 0.29) is 41.8 Å². The maximum atomic E-state index is 2.48. The number of hydrogen-bond acceptors (Lipinski definition) is 6. The van der Waals surface area contributed by atoms with E-state index in [0.717, 1.165) is 31.5 Å². The molecule has 0 N–H and O–H groups in total. The van der Waals surface area contributed by atoms with Crippen LogP contribution in [0.25, 0.3) is 0 Å². The van der Waals surface area contributed by atoms with E-state index in [1.54, 1.807) is 35.8 Å². The second kappa shape index (κ2) is 17.0. The Morgan fingerprint density at radius 2 is 0.900 bits per heavy atom. The van der Waals surface area contributed by atoms with Crippen molar-refractivity contribution in [2.75, 3.05) is 34.5 Å². The summed E-state index contributed by atoms with van der Waals surface area (Å²) in [5.74, 6) is 9.05. The Hall–Kier alpha value is 5.26. The van der Waals surface area contributed by atoms with Crippen molar-refractivity contribution in [1.29, 1.82) is 0 Å². The standard InChI is InChI=1S/C20H34S6Te4/c1(3-27-9-15-5-23-15)21-19(13-29-11-17-7-25-17)20(14-30-12-18-8-26-18)22-2-4-28-10-16-6-24-16/h15-20H,1-14H2. The van der Waals surface area contributed by atoms with Crippen LogP contribution in [-0.2, 0) is 0 Å². The molecule has 4 aliphatic rings. The molecule has 0 aromatic heterocycles. The van der Waals surface area contributed by atoms with E-state index in [1.807, 2.05) is 0 Å². The predicted molar refractivity (Wildman–Crippen MR) is 159 cm³/mol. The zero-order valence-corrected chi connectivity index (χ0v) is 31.7. The van der Waals surface area contributed by atoms with Crippen molar-refractivity contribution in [2.45, 2.75) is 67.2 Å². The molecule has 0 amide bonds. The van der Waals surface area contributed by atoms with Crippen molar-refractivity contribution < 1.29 is 0 Å². The van der Waals surface area contributed by atoms with Gasteiger partial charge in [-0.15, -0.1) is 0 Å². The summed E-state index contributed by atoms with van der Waals surface area (Å²) >= 11 is 15.1. The van der Waals surface area contributed by atoms with Gasteiger partial charge in [-0.2, -0.15) is 0 Å². The topological polar surface area (TPSA) is 0 Å². The van der Waals surface area contributed by atoms with Crippen molar-refractivity contribution in [3.05, 3.63) is 0 Å². The normalized spacial score (nSPS) is 30.8. The third kappa shape index (κ3) is 14.3. The Labute approximate surface area is 251 Å². The Balaban J connectivity index is 1.18. The van der Waals surface area contributed by atoms with Gasteiger partial charge in [0.2, 0.25) is 0 Å². The van der Waals surface area contributed by atoms with Crippen molar-refractivity contribution in [1.82, 2.24) is 0 Å². The summed E-state index contributed by atoms with van der Waals surface area (Å²) in [6, 6.07) is 0. The molecule has 30 heavy (non-hydrogen) atoms. The first-order valence-corrected chi connectivity index (χ1v) is 30.3. The number of thioether (sulfide) groups is 6. The molecule has 4 rings (SSSR count). The Kier molecular flexibility index (Phi) is 16.0. The van der Waals surface area contributed by atoms with Gasteiger partial charge in [0.05, 0.1) is 0 Å². The Morgan fingerprint density at radius 3 is 1.23 bits per heavy atom. The summed E-state index contributed by atoms with van der Waals surface area (Å²) in [7, 11) is 0. The van der Waals surface area contributed by atoms with E-state index in [0.29, 0.717) is 41.8 Å². The van der Waals surface area contributed by atoms with Gasteiger partial charge in [0.1, 0.15) is 0 Å². The fourth-order valence-electron chi connectivity index (χ4n) is 2.76. The Morgan fingerprint density at radius 1 is 0.567 bits per heavy atom. The van der Waals surface area contributed by atoms with Gasteiger partial charge in [0.25, 0.3) is 0 Å². The van der Waals surface area contributed by atoms with Gasteiger partial charge in [-0.3, -0.25) is 0 Å². The molecule has 4 fully saturated rings. The van der Waals surface area contributed by atoms with Crippen molar-refractivity contribution in [3.63, 3.8) is 0 Å². The molecule has 0 radical (unpaired) electrons. The fourth-order valence-corrected chi connectivity index (χ4v) is 30.3. The molecule has 6 unspecified atom stereocenters. The van der Waals surface area contributed by atoms with E-state index in [4.69, 9.17) is 0 Å². The first kappa shape index (κ1) is 28.3. The molecule has 174 valence electrons. The zero-order valence-electron chi connectivity index (χ0n) is 17.4. The molecule has 0 nitrogen and oxygen atoms in total. The zero-order chi connectivity index (χ0) is 20.4. The summed E-state index contributed by atoms with van der Waals surface area (Å²) in [6.45, 7) is 0. The minimum atomic E-state index is 0.284. The number of hydrogen-bond donors (Lipinski definition) is 0. The van der Waals surface area contributed by atoms with Crippen LogP contribution in [0, 0.1) is 0 Å². The van der Waals surface area contributed by atoms with Gasteiger partial charge in [-0.1, -0.05) is 0 Å². The molecule has 4 heterocycles. The molecular formula is C20H34S6Te4. The minimum absolute atomic E-state index is 0.284. The van der Waals surface area contributed by atoms with E-state index >= 15 is 0 Å². The van der Waals surface area contributed by atoms with Crippen LogP contribution in [0.3, 0.4) is 0 Å². The van der Waals surface area contributed by atoms with Crippen LogP contribution in [-0.4, -0.2) is 150 Å². The quantitative estimate of drug-likeness (QED) is 0.0804. The predicted octanol–water partition coefficient (Wildman–Crippen LogP) is 5.81. The van der Waals surface area contributed by atoms with Crippen LogP contribution in [0.4, 0.5) is 0 Å². The average molecular weight is 977 g/mol. The van der Waals surface area contributed by atoms with E-state index in [1.165, 1.54) is 34.5 Å². The molecule has 6 atom stereocenters. The summed E-state index contributed by atoms with van der Waals surface area (Å²) in [6.07, 6.45) is 0. The van der Waals surface area contributed by atoms with Crippen molar-refractivity contribution in [3.8, 4) is 0 Å². The van der Waals surface area contributed by atoms with Gasteiger partial charge < -0.3 is 0 Å². The molecular weight excluding hydrogens is 943 g/mol. The van der Waals surface area contributed by atoms with Crippen LogP contribution in [0.1, 0.15) is 0 Å². The molecule has 0 spiro atoms. The monoisotopic (exact) mass is 986 g/mol. The van der Waals surface area contributed by atoms with E-state index in [2.05, 4.69) is 70.6 Å². The van der Waals surface area contributed by atoms with Gasteiger partial charge in [-0.05, 0) is 0 Å². The average Bonchev–Trinajstić information content (AvgIpc) is 3.55. The van der Waals surface area contributed by atoms with Gasteiger partial charge >= 0.3 is 256 Å².